The number of alkyl halides is 1. The van der Waals surface area contributed by atoms with Crippen LogP contribution in [0.5, 0.6) is 0 Å². The lowest BCUT2D eigenvalue weighted by Gasteiger charge is -2.55. The Morgan fingerprint density at radius 3 is 2.73 bits per heavy atom. The van der Waals surface area contributed by atoms with Gasteiger partial charge in [-0.15, -0.1) is 0 Å². The molecule has 0 aliphatic heterocycles. The van der Waals surface area contributed by atoms with Gasteiger partial charge in [0.2, 0.25) is 0 Å². The molecule has 0 unspecified atom stereocenters. The first-order valence-electron chi connectivity index (χ1n) is 8.49. The summed E-state index contributed by atoms with van der Waals surface area (Å²) in [7, 11) is 0. The molecule has 6 atom stereocenters. The van der Waals surface area contributed by atoms with E-state index in [9.17, 15) is 9.59 Å². The molecule has 0 spiro atoms. The molecule has 0 amide bonds. The minimum atomic E-state index is -0.124. The maximum atomic E-state index is 12.6. The van der Waals surface area contributed by atoms with Crippen LogP contribution in [0.2, 0.25) is 0 Å². The lowest BCUT2D eigenvalue weighted by atomic mass is 9.48. The number of rotatable bonds is 0. The fraction of sp³-hybridized carbons (Fsp3) is 0.684. The van der Waals surface area contributed by atoms with Gasteiger partial charge in [-0.3, -0.25) is 9.59 Å². The van der Waals surface area contributed by atoms with Crippen molar-refractivity contribution in [2.75, 3.05) is 0 Å². The second kappa shape index (κ2) is 4.66. The van der Waals surface area contributed by atoms with Crippen molar-refractivity contribution in [3.05, 3.63) is 23.8 Å². The van der Waals surface area contributed by atoms with Crippen LogP contribution in [0.15, 0.2) is 23.8 Å². The molecule has 3 fully saturated rings. The van der Waals surface area contributed by atoms with E-state index in [0.717, 1.165) is 32.1 Å². The van der Waals surface area contributed by atoms with E-state index < -0.39 is 0 Å². The monoisotopic (exact) mass is 362 g/mol. The normalized spacial score (nSPS) is 50.2. The van der Waals surface area contributed by atoms with Crippen LogP contribution in [-0.2, 0) is 9.59 Å². The molecule has 3 saturated carbocycles. The van der Waals surface area contributed by atoms with E-state index >= 15 is 0 Å². The smallest absolute Gasteiger partial charge is 0.178 e. The molecule has 0 aromatic heterocycles. The molecular formula is C19H23BrO2. The highest BCUT2D eigenvalue weighted by molar-refractivity contribution is 9.10. The number of allylic oxidation sites excluding steroid dienone is 4. The average molecular weight is 363 g/mol. The summed E-state index contributed by atoms with van der Waals surface area (Å²) in [5.74, 6) is 2.28. The highest BCUT2D eigenvalue weighted by atomic mass is 79.9. The van der Waals surface area contributed by atoms with Crippen LogP contribution in [0.25, 0.3) is 0 Å². The van der Waals surface area contributed by atoms with Gasteiger partial charge in [0.05, 0.1) is 4.83 Å². The Labute approximate surface area is 140 Å². The van der Waals surface area contributed by atoms with Crippen molar-refractivity contribution in [2.24, 2.45) is 28.6 Å². The number of hydrogen-bond acceptors (Lipinski definition) is 2. The maximum Gasteiger partial charge on any atom is 0.178 e. The predicted molar refractivity (Wildman–Crippen MR) is 89.7 cm³/mol. The van der Waals surface area contributed by atoms with Gasteiger partial charge in [-0.2, -0.15) is 0 Å². The summed E-state index contributed by atoms with van der Waals surface area (Å²) < 4.78 is 0. The predicted octanol–water partition coefficient (Wildman–Crippen LogP) is 4.24. The Bertz CT molecular complexity index is 619. The first kappa shape index (κ1) is 14.9. The highest BCUT2D eigenvalue weighted by Gasteiger charge is 2.60. The first-order valence-corrected chi connectivity index (χ1v) is 9.40. The van der Waals surface area contributed by atoms with Crippen molar-refractivity contribution >= 4 is 27.5 Å². The van der Waals surface area contributed by atoms with Gasteiger partial charge in [0.1, 0.15) is 0 Å². The van der Waals surface area contributed by atoms with Crippen LogP contribution >= 0.6 is 15.9 Å². The van der Waals surface area contributed by atoms with Gasteiger partial charge in [-0.25, -0.2) is 0 Å². The summed E-state index contributed by atoms with van der Waals surface area (Å²) in [5.41, 5.74) is 1.23. The van der Waals surface area contributed by atoms with Gasteiger partial charge in [0.25, 0.3) is 0 Å². The second-order valence-electron chi connectivity index (χ2n) is 8.13. The van der Waals surface area contributed by atoms with E-state index in [2.05, 4.69) is 35.9 Å². The summed E-state index contributed by atoms with van der Waals surface area (Å²) in [6.07, 6.45) is 11.0. The van der Waals surface area contributed by atoms with E-state index in [1.807, 2.05) is 6.08 Å². The molecule has 4 rings (SSSR count). The van der Waals surface area contributed by atoms with E-state index in [4.69, 9.17) is 0 Å². The van der Waals surface area contributed by atoms with Crippen molar-refractivity contribution in [3.8, 4) is 0 Å². The Hall–Kier alpha value is -0.700. The van der Waals surface area contributed by atoms with Crippen LogP contribution in [0.1, 0.15) is 46.0 Å². The van der Waals surface area contributed by atoms with E-state index in [0.29, 0.717) is 23.5 Å². The quantitative estimate of drug-likeness (QED) is 0.604. The lowest BCUT2D eigenvalue weighted by Crippen LogP contribution is -2.49. The van der Waals surface area contributed by atoms with Gasteiger partial charge in [0.15, 0.2) is 11.6 Å². The zero-order valence-corrected chi connectivity index (χ0v) is 14.9. The van der Waals surface area contributed by atoms with Crippen LogP contribution in [0.3, 0.4) is 0 Å². The molecule has 0 N–H and O–H groups in total. The fourth-order valence-corrected chi connectivity index (χ4v) is 6.87. The summed E-state index contributed by atoms with van der Waals surface area (Å²) in [4.78, 5) is 24.4. The molecular weight excluding hydrogens is 340 g/mol. The lowest BCUT2D eigenvalue weighted by molar-refractivity contribution is -0.131. The van der Waals surface area contributed by atoms with Crippen LogP contribution < -0.4 is 0 Å². The van der Waals surface area contributed by atoms with Crippen molar-refractivity contribution < 1.29 is 9.59 Å². The largest absolute Gasteiger partial charge is 0.298 e. The molecule has 0 bridgehead atoms. The molecule has 0 aromatic rings. The van der Waals surface area contributed by atoms with E-state index in [1.54, 1.807) is 6.08 Å². The topological polar surface area (TPSA) is 34.1 Å². The van der Waals surface area contributed by atoms with Crippen LogP contribution in [-0.4, -0.2) is 16.4 Å². The van der Waals surface area contributed by atoms with Crippen molar-refractivity contribution in [1.82, 2.24) is 0 Å². The zero-order chi connectivity index (χ0) is 15.7. The molecule has 0 saturated heterocycles. The number of fused-ring (bicyclic) bond motifs is 5. The van der Waals surface area contributed by atoms with Crippen LogP contribution in [0, 0.1) is 28.6 Å². The highest BCUT2D eigenvalue weighted by Crippen LogP contribution is 2.64. The van der Waals surface area contributed by atoms with Gasteiger partial charge in [0, 0.05) is 10.8 Å². The molecule has 0 aromatic carbocycles. The van der Waals surface area contributed by atoms with Crippen molar-refractivity contribution in [2.45, 2.75) is 50.8 Å². The standard InChI is InChI=1S/C19H23BrO2/c1-18-7-5-12(21)9-11(18)3-4-13-14(18)6-8-19(2)15(13)10-16(20)17(19)22/h5,7,9,13-16H,3-4,6,8,10H2,1-2H3/t13-,14+,15+,16-,18+,19+/m1/s1. The second-order valence-corrected chi connectivity index (χ2v) is 9.23. The Balaban J connectivity index is 1.72. The molecule has 118 valence electrons. The van der Waals surface area contributed by atoms with E-state index in [1.165, 1.54) is 5.57 Å². The van der Waals surface area contributed by atoms with Gasteiger partial charge >= 0.3 is 0 Å². The fourth-order valence-electron chi connectivity index (χ4n) is 5.95. The summed E-state index contributed by atoms with van der Waals surface area (Å²) in [6.45, 7) is 4.51. The summed E-state index contributed by atoms with van der Waals surface area (Å²) >= 11 is 3.62. The Kier molecular flexibility index (Phi) is 3.15. The van der Waals surface area contributed by atoms with Crippen molar-refractivity contribution in [1.29, 1.82) is 0 Å². The molecule has 4 aliphatic carbocycles. The average Bonchev–Trinajstić information content (AvgIpc) is 2.72. The van der Waals surface area contributed by atoms with E-state index in [-0.39, 0.29) is 21.4 Å². The number of carbonyl (C=O) groups excluding carboxylic acids is 2. The minimum Gasteiger partial charge on any atom is -0.298 e. The molecule has 2 nitrogen and oxygen atoms in total. The van der Waals surface area contributed by atoms with Gasteiger partial charge < -0.3 is 0 Å². The Morgan fingerprint density at radius 1 is 1.18 bits per heavy atom. The number of ketones is 2. The van der Waals surface area contributed by atoms with Crippen molar-refractivity contribution in [3.63, 3.8) is 0 Å². The minimum absolute atomic E-state index is 0.0333. The Morgan fingerprint density at radius 2 is 1.95 bits per heavy atom. The summed E-state index contributed by atoms with van der Waals surface area (Å²) in [5, 5.41) is 0. The van der Waals surface area contributed by atoms with Gasteiger partial charge in [-0.05, 0) is 62.0 Å². The van der Waals surface area contributed by atoms with Crippen LogP contribution in [0.4, 0.5) is 0 Å². The third kappa shape index (κ3) is 1.78. The maximum absolute atomic E-state index is 12.6. The SMILES string of the molecule is C[C@]12C=CC(=O)C=C1CC[C@@H]1[C@@H]2CC[C@]2(C)C(=O)[C@H](Br)C[C@@H]12. The molecule has 3 heteroatoms. The number of carbonyl (C=O) groups is 2. The van der Waals surface area contributed by atoms with Gasteiger partial charge in [-0.1, -0.05) is 41.4 Å². The molecule has 0 heterocycles. The molecule has 4 aliphatic rings. The first-order chi connectivity index (χ1) is 10.4. The third-order valence-corrected chi connectivity index (χ3v) is 8.04. The molecule has 0 radical (unpaired) electrons. The number of halogens is 1. The summed E-state index contributed by atoms with van der Waals surface area (Å²) in [6, 6.07) is 0. The molecule has 22 heavy (non-hydrogen) atoms. The zero-order valence-electron chi connectivity index (χ0n) is 13.3. The third-order valence-electron chi connectivity index (χ3n) is 7.25. The number of hydrogen-bond donors (Lipinski definition) is 0. The number of Topliss-reactive ketones (excluding diaryl/α,β-unsaturated/α-hetero) is 1.